The van der Waals surface area contributed by atoms with Crippen molar-refractivity contribution in [2.75, 3.05) is 42.7 Å². The lowest BCUT2D eigenvalue weighted by atomic mass is 10.6. The van der Waals surface area contributed by atoms with Crippen molar-refractivity contribution in [3.05, 3.63) is 0 Å². The van der Waals surface area contributed by atoms with Crippen LogP contribution in [0.4, 0.5) is 17.8 Å². The molecule has 1 unspecified atom stereocenters. The number of hydrogen-bond donors (Lipinski definition) is 4. The van der Waals surface area contributed by atoms with Crippen LogP contribution in [0.25, 0.3) is 0 Å². The van der Waals surface area contributed by atoms with Crippen LogP contribution in [0.5, 0.6) is 0 Å². The fraction of sp³-hybridized carbons (Fsp3) is 0.667. The second kappa shape index (κ2) is 6.16. The third-order valence-electron chi connectivity index (χ3n) is 1.81. The fourth-order valence-electron chi connectivity index (χ4n) is 1.10. The van der Waals surface area contributed by atoms with Crippen LogP contribution in [0, 0.1) is 0 Å². The molecular weight excluding hydrogens is 220 g/mol. The van der Waals surface area contributed by atoms with Gasteiger partial charge in [0.2, 0.25) is 17.8 Å². The summed E-state index contributed by atoms with van der Waals surface area (Å²) >= 11 is 0. The molecule has 0 amide bonds. The van der Waals surface area contributed by atoms with Gasteiger partial charge in [-0.25, -0.2) is 0 Å². The van der Waals surface area contributed by atoms with Crippen molar-refractivity contribution in [1.29, 1.82) is 0 Å². The van der Waals surface area contributed by atoms with E-state index in [1.54, 1.807) is 4.90 Å². The molecule has 0 spiro atoms. The third-order valence-corrected chi connectivity index (χ3v) is 1.81. The molecule has 0 saturated heterocycles. The van der Waals surface area contributed by atoms with E-state index in [-0.39, 0.29) is 6.17 Å². The lowest BCUT2D eigenvalue weighted by molar-refractivity contribution is 0.822. The highest BCUT2D eigenvalue weighted by molar-refractivity contribution is 5.43. The van der Waals surface area contributed by atoms with Crippen LogP contribution in [0.3, 0.4) is 0 Å². The number of rotatable bonds is 6. The van der Waals surface area contributed by atoms with Crippen LogP contribution in [-0.4, -0.2) is 48.3 Å². The molecule has 0 bridgehead atoms. The molecule has 8 heteroatoms. The van der Waals surface area contributed by atoms with Gasteiger partial charge in [-0.2, -0.15) is 15.0 Å². The summed E-state index contributed by atoms with van der Waals surface area (Å²) < 4.78 is 0. The zero-order chi connectivity index (χ0) is 12.8. The van der Waals surface area contributed by atoms with Crippen molar-refractivity contribution in [2.45, 2.75) is 13.1 Å². The van der Waals surface area contributed by atoms with Gasteiger partial charge in [-0.15, -0.1) is 0 Å². The van der Waals surface area contributed by atoms with E-state index >= 15 is 0 Å². The molecular formula is C9H20N8. The topological polar surface area (TPSA) is 118 Å². The summed E-state index contributed by atoms with van der Waals surface area (Å²) in [6.45, 7) is 2.93. The Morgan fingerprint density at radius 1 is 1.24 bits per heavy atom. The highest BCUT2D eigenvalue weighted by Gasteiger charge is 2.08. The number of nitrogens with zero attached hydrogens (tertiary/aromatic N) is 4. The quantitative estimate of drug-likeness (QED) is 0.469. The summed E-state index contributed by atoms with van der Waals surface area (Å²) in [7, 11) is 3.72. The first kappa shape index (κ1) is 13.4. The molecule has 0 aliphatic heterocycles. The molecule has 17 heavy (non-hydrogen) atoms. The second-order valence-electron chi connectivity index (χ2n) is 3.83. The van der Waals surface area contributed by atoms with Gasteiger partial charge in [-0.3, -0.25) is 0 Å². The predicted octanol–water partition coefficient (Wildman–Crippen LogP) is -0.975. The van der Waals surface area contributed by atoms with Crippen molar-refractivity contribution in [1.82, 2.24) is 15.0 Å². The number of anilines is 3. The van der Waals surface area contributed by atoms with E-state index in [0.29, 0.717) is 30.9 Å². The molecule has 6 N–H and O–H groups in total. The van der Waals surface area contributed by atoms with Crippen LogP contribution in [-0.2, 0) is 0 Å². The number of aromatic nitrogens is 3. The predicted molar refractivity (Wildman–Crippen MR) is 69.0 cm³/mol. The van der Waals surface area contributed by atoms with E-state index in [0.717, 1.165) is 0 Å². The van der Waals surface area contributed by atoms with Crippen molar-refractivity contribution in [3.63, 3.8) is 0 Å². The molecule has 1 aromatic heterocycles. The largest absolute Gasteiger partial charge is 0.353 e. The Morgan fingerprint density at radius 2 is 1.88 bits per heavy atom. The molecule has 0 aliphatic rings. The molecule has 96 valence electrons. The van der Waals surface area contributed by atoms with Crippen LogP contribution >= 0.6 is 0 Å². The lowest BCUT2D eigenvalue weighted by Crippen LogP contribution is -2.27. The molecule has 1 rings (SSSR count). The Labute approximate surface area is 101 Å². The van der Waals surface area contributed by atoms with Gasteiger partial charge in [0.25, 0.3) is 0 Å². The van der Waals surface area contributed by atoms with Gasteiger partial charge in [0.15, 0.2) is 0 Å². The van der Waals surface area contributed by atoms with E-state index in [1.165, 1.54) is 0 Å². The minimum absolute atomic E-state index is 0.227. The standard InChI is InChI=1S/C9H20N8/c1-6(11)13-8-14-7(12-5-4-10)15-9(16-8)17(2)3/h6H,4-5,10-11H2,1-3H3,(H2,12,13,14,15,16). The highest BCUT2D eigenvalue weighted by atomic mass is 15.3. The Hall–Kier alpha value is -1.67. The molecule has 0 aliphatic carbocycles. The first-order valence-corrected chi connectivity index (χ1v) is 5.42. The van der Waals surface area contributed by atoms with Gasteiger partial charge in [0, 0.05) is 27.2 Å². The van der Waals surface area contributed by atoms with Gasteiger partial charge in [-0.05, 0) is 6.92 Å². The minimum Gasteiger partial charge on any atom is -0.353 e. The van der Waals surface area contributed by atoms with Crippen LogP contribution < -0.4 is 27.0 Å². The van der Waals surface area contributed by atoms with Crippen molar-refractivity contribution in [3.8, 4) is 0 Å². The fourth-order valence-corrected chi connectivity index (χ4v) is 1.10. The SMILES string of the molecule is CC(N)Nc1nc(NCCN)nc(N(C)C)n1. The molecule has 0 aromatic carbocycles. The van der Waals surface area contributed by atoms with Crippen molar-refractivity contribution < 1.29 is 0 Å². The first-order valence-electron chi connectivity index (χ1n) is 5.42. The Balaban J connectivity index is 2.92. The maximum atomic E-state index is 5.64. The number of nitrogens with one attached hydrogen (secondary N) is 2. The Kier molecular flexibility index (Phi) is 4.85. The second-order valence-corrected chi connectivity index (χ2v) is 3.83. The summed E-state index contributed by atoms with van der Waals surface area (Å²) in [5, 5.41) is 5.94. The summed E-state index contributed by atoms with van der Waals surface area (Å²) in [4.78, 5) is 14.4. The number of nitrogens with two attached hydrogens (primary N) is 2. The molecule has 8 nitrogen and oxygen atoms in total. The average Bonchev–Trinajstić information content (AvgIpc) is 2.25. The van der Waals surface area contributed by atoms with Gasteiger partial charge in [0.1, 0.15) is 0 Å². The van der Waals surface area contributed by atoms with Gasteiger partial charge in [-0.1, -0.05) is 0 Å². The number of hydrogen-bond acceptors (Lipinski definition) is 8. The average molecular weight is 240 g/mol. The maximum Gasteiger partial charge on any atom is 0.231 e. The van der Waals surface area contributed by atoms with E-state index in [2.05, 4.69) is 25.6 Å². The molecule has 0 radical (unpaired) electrons. The lowest BCUT2D eigenvalue weighted by Gasteiger charge is -2.15. The summed E-state index contributed by atoms with van der Waals surface area (Å²) in [6, 6.07) is 0. The Bertz CT molecular complexity index is 351. The van der Waals surface area contributed by atoms with E-state index in [1.807, 2.05) is 21.0 Å². The summed E-state index contributed by atoms with van der Waals surface area (Å²) in [5.41, 5.74) is 11.0. The van der Waals surface area contributed by atoms with E-state index in [9.17, 15) is 0 Å². The summed E-state index contributed by atoms with van der Waals surface area (Å²) in [6.07, 6.45) is -0.227. The molecule has 1 heterocycles. The Morgan fingerprint density at radius 3 is 2.41 bits per heavy atom. The molecule has 0 fully saturated rings. The van der Waals surface area contributed by atoms with Gasteiger partial charge < -0.3 is 27.0 Å². The normalized spacial score (nSPS) is 12.1. The van der Waals surface area contributed by atoms with E-state index < -0.39 is 0 Å². The molecule has 0 saturated carbocycles. The van der Waals surface area contributed by atoms with Crippen LogP contribution in [0.15, 0.2) is 0 Å². The zero-order valence-electron chi connectivity index (χ0n) is 10.4. The van der Waals surface area contributed by atoms with Crippen molar-refractivity contribution >= 4 is 17.8 Å². The monoisotopic (exact) mass is 240 g/mol. The third kappa shape index (κ3) is 4.37. The molecule has 1 atom stereocenters. The molecule has 1 aromatic rings. The smallest absolute Gasteiger partial charge is 0.231 e. The van der Waals surface area contributed by atoms with Crippen LogP contribution in [0.2, 0.25) is 0 Å². The van der Waals surface area contributed by atoms with Gasteiger partial charge in [0.05, 0.1) is 6.17 Å². The van der Waals surface area contributed by atoms with Crippen LogP contribution in [0.1, 0.15) is 6.92 Å². The van der Waals surface area contributed by atoms with Gasteiger partial charge >= 0.3 is 0 Å². The zero-order valence-corrected chi connectivity index (χ0v) is 10.4. The van der Waals surface area contributed by atoms with E-state index in [4.69, 9.17) is 11.5 Å². The highest BCUT2D eigenvalue weighted by Crippen LogP contribution is 2.11. The maximum absolute atomic E-state index is 5.64. The minimum atomic E-state index is -0.227. The van der Waals surface area contributed by atoms with Crippen molar-refractivity contribution in [2.24, 2.45) is 11.5 Å². The first-order chi connectivity index (χ1) is 8.02. The summed E-state index contributed by atoms with van der Waals surface area (Å²) in [5.74, 6) is 1.48.